The number of nitrogens with one attached hydrogen (secondary N) is 1. The summed E-state index contributed by atoms with van der Waals surface area (Å²) in [6.07, 6.45) is 3.91. The first-order chi connectivity index (χ1) is 10.7. The zero-order valence-electron chi connectivity index (χ0n) is 12.2. The fourth-order valence-electron chi connectivity index (χ4n) is 2.14. The third kappa shape index (κ3) is 3.15. The lowest BCUT2D eigenvalue weighted by Gasteiger charge is -2.06. The van der Waals surface area contributed by atoms with Crippen LogP contribution < -0.4 is 11.1 Å². The van der Waals surface area contributed by atoms with Gasteiger partial charge in [-0.05, 0) is 18.6 Å². The Morgan fingerprint density at radius 1 is 1.36 bits per heavy atom. The summed E-state index contributed by atoms with van der Waals surface area (Å²) in [6.45, 7) is 3.64. The number of thiophene rings is 1. The van der Waals surface area contributed by atoms with Crippen LogP contribution in [-0.4, -0.2) is 26.1 Å². The number of nitrogens with zero attached hydrogens (tertiary/aromatic N) is 4. The highest BCUT2D eigenvalue weighted by atomic mass is 35.5. The number of hydrogen-bond acceptors (Lipinski definition) is 6. The highest BCUT2D eigenvalue weighted by molar-refractivity contribution is 7.16. The lowest BCUT2D eigenvalue weighted by molar-refractivity contribution is 0.816. The number of fused-ring (bicyclic) bond motifs is 1. The summed E-state index contributed by atoms with van der Waals surface area (Å²) in [6, 6.07) is 3.89. The molecule has 0 unspecified atom stereocenters. The molecule has 0 aliphatic carbocycles. The van der Waals surface area contributed by atoms with Gasteiger partial charge in [-0.1, -0.05) is 24.9 Å². The third-order valence-electron chi connectivity index (χ3n) is 3.26. The molecule has 0 spiro atoms. The molecule has 6 nitrogen and oxygen atoms in total. The van der Waals surface area contributed by atoms with Crippen molar-refractivity contribution in [3.63, 3.8) is 0 Å². The number of nitrogens with two attached hydrogens (primary N) is 1. The lowest BCUT2D eigenvalue weighted by atomic mass is 10.3. The van der Waals surface area contributed by atoms with E-state index >= 15 is 0 Å². The van der Waals surface area contributed by atoms with Crippen LogP contribution >= 0.6 is 22.9 Å². The Kier molecular flexibility index (Phi) is 4.44. The van der Waals surface area contributed by atoms with Crippen LogP contribution in [0.15, 0.2) is 18.5 Å². The first-order valence-electron chi connectivity index (χ1n) is 7.14. The quantitative estimate of drug-likeness (QED) is 0.674. The van der Waals surface area contributed by atoms with Crippen LogP contribution in [-0.2, 0) is 6.54 Å². The van der Waals surface area contributed by atoms with Crippen molar-refractivity contribution in [1.82, 2.24) is 19.5 Å². The molecule has 116 valence electrons. The maximum absolute atomic E-state index is 5.99. The first kappa shape index (κ1) is 15.1. The van der Waals surface area contributed by atoms with Crippen molar-refractivity contribution in [1.29, 1.82) is 0 Å². The summed E-state index contributed by atoms with van der Waals surface area (Å²) >= 11 is 7.52. The fourth-order valence-corrected chi connectivity index (χ4v) is 3.23. The average molecular weight is 337 g/mol. The summed E-state index contributed by atoms with van der Waals surface area (Å²) in [4.78, 5) is 14.3. The van der Waals surface area contributed by atoms with Crippen molar-refractivity contribution in [3.05, 3.63) is 27.7 Å². The third-order valence-corrected chi connectivity index (χ3v) is 4.48. The minimum atomic E-state index is 0.395. The van der Waals surface area contributed by atoms with E-state index in [-0.39, 0.29) is 0 Å². The predicted molar refractivity (Wildman–Crippen MR) is 91.6 cm³/mol. The van der Waals surface area contributed by atoms with E-state index < -0.39 is 0 Å². The minimum absolute atomic E-state index is 0.395. The van der Waals surface area contributed by atoms with Crippen molar-refractivity contribution in [2.75, 3.05) is 17.6 Å². The van der Waals surface area contributed by atoms with Gasteiger partial charge in [0.15, 0.2) is 11.5 Å². The lowest BCUT2D eigenvalue weighted by Crippen LogP contribution is -2.08. The van der Waals surface area contributed by atoms with Crippen LogP contribution in [0.5, 0.6) is 0 Å². The second-order valence-electron chi connectivity index (χ2n) is 4.96. The number of anilines is 2. The molecular weight excluding hydrogens is 320 g/mol. The molecule has 0 amide bonds. The summed E-state index contributed by atoms with van der Waals surface area (Å²) in [5.41, 5.74) is 7.35. The van der Waals surface area contributed by atoms with Gasteiger partial charge in [-0.3, -0.25) is 0 Å². The standard InChI is InChI=1S/C14H17ClN6S/c1-2-3-6-17-14-19-12(16)11-13(20-14)21(8-18-11)7-9-4-5-10(15)22-9/h4-5,8H,2-3,6-7H2,1H3,(H3,16,17,19,20). The molecule has 0 bridgehead atoms. The van der Waals surface area contributed by atoms with Crippen molar-refractivity contribution >= 4 is 45.9 Å². The van der Waals surface area contributed by atoms with Crippen LogP contribution in [0.25, 0.3) is 11.2 Å². The topological polar surface area (TPSA) is 81.6 Å². The second kappa shape index (κ2) is 6.50. The van der Waals surface area contributed by atoms with Crippen molar-refractivity contribution < 1.29 is 0 Å². The van der Waals surface area contributed by atoms with Gasteiger partial charge in [-0.2, -0.15) is 9.97 Å². The number of aromatic nitrogens is 4. The number of unbranched alkanes of at least 4 members (excludes halogenated alkanes) is 1. The molecule has 0 radical (unpaired) electrons. The van der Waals surface area contributed by atoms with Crippen LogP contribution in [0.2, 0.25) is 4.34 Å². The van der Waals surface area contributed by atoms with E-state index in [9.17, 15) is 0 Å². The zero-order valence-corrected chi connectivity index (χ0v) is 13.8. The SMILES string of the molecule is CCCCNc1nc(N)c2ncn(Cc3ccc(Cl)s3)c2n1. The number of halogens is 1. The molecular formula is C14H17ClN6S. The molecule has 3 rings (SSSR count). The Morgan fingerprint density at radius 3 is 2.95 bits per heavy atom. The summed E-state index contributed by atoms with van der Waals surface area (Å²) in [5, 5.41) is 3.20. The molecule has 0 atom stereocenters. The Morgan fingerprint density at radius 2 is 2.23 bits per heavy atom. The number of nitrogen functional groups attached to an aromatic ring is 1. The molecule has 0 aromatic carbocycles. The Hall–Kier alpha value is -1.86. The molecule has 3 heterocycles. The molecule has 0 saturated heterocycles. The summed E-state index contributed by atoms with van der Waals surface area (Å²) < 4.78 is 2.73. The molecule has 3 N–H and O–H groups in total. The molecule has 3 aromatic heterocycles. The van der Waals surface area contributed by atoms with Gasteiger partial charge in [-0.25, -0.2) is 4.98 Å². The van der Waals surface area contributed by atoms with E-state index in [0.29, 0.717) is 23.8 Å². The second-order valence-corrected chi connectivity index (χ2v) is 6.76. The van der Waals surface area contributed by atoms with Gasteiger partial charge in [0.05, 0.1) is 17.2 Å². The van der Waals surface area contributed by atoms with Crippen molar-refractivity contribution in [2.24, 2.45) is 0 Å². The largest absolute Gasteiger partial charge is 0.382 e. The Labute approximate surface area is 137 Å². The normalized spacial score (nSPS) is 11.2. The van der Waals surface area contributed by atoms with Crippen molar-refractivity contribution in [2.45, 2.75) is 26.3 Å². The molecule has 8 heteroatoms. The van der Waals surface area contributed by atoms with Crippen LogP contribution in [0.3, 0.4) is 0 Å². The summed E-state index contributed by atoms with van der Waals surface area (Å²) in [7, 11) is 0. The van der Waals surface area contributed by atoms with Gasteiger partial charge in [-0.15, -0.1) is 11.3 Å². The van der Waals surface area contributed by atoms with Gasteiger partial charge in [0, 0.05) is 11.4 Å². The molecule has 0 aliphatic heterocycles. The van der Waals surface area contributed by atoms with Gasteiger partial charge in [0.1, 0.15) is 5.52 Å². The maximum Gasteiger partial charge on any atom is 0.226 e. The predicted octanol–water partition coefficient (Wildman–Crippen LogP) is 3.38. The molecule has 3 aromatic rings. The molecule has 22 heavy (non-hydrogen) atoms. The smallest absolute Gasteiger partial charge is 0.226 e. The van der Waals surface area contributed by atoms with Gasteiger partial charge in [0.2, 0.25) is 5.95 Å². The van der Waals surface area contributed by atoms with E-state index in [2.05, 4.69) is 27.2 Å². The van der Waals surface area contributed by atoms with Crippen LogP contribution in [0.1, 0.15) is 24.6 Å². The van der Waals surface area contributed by atoms with Crippen molar-refractivity contribution in [3.8, 4) is 0 Å². The molecule has 0 saturated carbocycles. The van der Waals surface area contributed by atoms with E-state index in [1.807, 2.05) is 16.7 Å². The average Bonchev–Trinajstić information content (AvgIpc) is 3.07. The Balaban J connectivity index is 1.90. The van der Waals surface area contributed by atoms with Gasteiger partial charge >= 0.3 is 0 Å². The monoisotopic (exact) mass is 336 g/mol. The fraction of sp³-hybridized carbons (Fsp3) is 0.357. The van der Waals surface area contributed by atoms with Gasteiger partial charge < -0.3 is 15.6 Å². The maximum atomic E-state index is 5.99. The van der Waals surface area contributed by atoms with E-state index in [0.717, 1.165) is 34.2 Å². The van der Waals surface area contributed by atoms with E-state index in [4.69, 9.17) is 17.3 Å². The summed E-state index contributed by atoms with van der Waals surface area (Å²) in [5.74, 6) is 0.941. The number of hydrogen-bond donors (Lipinski definition) is 2. The van der Waals surface area contributed by atoms with E-state index in [1.54, 1.807) is 17.7 Å². The van der Waals surface area contributed by atoms with E-state index in [1.165, 1.54) is 0 Å². The Bertz CT molecular complexity index is 781. The highest BCUT2D eigenvalue weighted by Gasteiger charge is 2.12. The highest BCUT2D eigenvalue weighted by Crippen LogP contribution is 2.24. The number of imidazole rings is 1. The van der Waals surface area contributed by atoms with Crippen LogP contribution in [0, 0.1) is 0 Å². The first-order valence-corrected chi connectivity index (χ1v) is 8.33. The van der Waals surface area contributed by atoms with Gasteiger partial charge in [0.25, 0.3) is 0 Å². The zero-order chi connectivity index (χ0) is 15.5. The minimum Gasteiger partial charge on any atom is -0.382 e. The molecule has 0 aliphatic rings. The molecule has 0 fully saturated rings. The van der Waals surface area contributed by atoms with Crippen LogP contribution in [0.4, 0.5) is 11.8 Å². The number of rotatable bonds is 6.